The lowest BCUT2D eigenvalue weighted by Gasteiger charge is -2.23. The van der Waals surface area contributed by atoms with E-state index in [4.69, 9.17) is 0 Å². The Morgan fingerprint density at radius 3 is 2.96 bits per heavy atom. The number of rotatable bonds is 5. The lowest BCUT2D eigenvalue weighted by Crippen LogP contribution is -2.39. The number of aryl methyl sites for hydroxylation is 1. The Morgan fingerprint density at radius 2 is 2.19 bits per heavy atom. The van der Waals surface area contributed by atoms with Crippen LogP contribution in [0.5, 0.6) is 0 Å². The lowest BCUT2D eigenvalue weighted by atomic mass is 10.2. The number of anilines is 1. The van der Waals surface area contributed by atoms with E-state index in [0.717, 1.165) is 36.6 Å². The summed E-state index contributed by atoms with van der Waals surface area (Å²) >= 11 is 0. The van der Waals surface area contributed by atoms with Gasteiger partial charge in [0.05, 0.1) is 18.3 Å². The van der Waals surface area contributed by atoms with Gasteiger partial charge in [0, 0.05) is 37.5 Å². The first-order valence-electron chi connectivity index (χ1n) is 8.82. The van der Waals surface area contributed by atoms with Gasteiger partial charge in [0.2, 0.25) is 5.91 Å². The molecule has 4 rings (SSSR count). The zero-order chi connectivity index (χ0) is 17.9. The number of nitrogens with zero attached hydrogens (tertiary/aromatic N) is 5. The van der Waals surface area contributed by atoms with E-state index in [-0.39, 0.29) is 11.9 Å². The number of hydrogen-bond acceptors (Lipinski definition) is 4. The van der Waals surface area contributed by atoms with Crippen molar-refractivity contribution < 1.29 is 4.79 Å². The van der Waals surface area contributed by atoms with E-state index in [1.54, 1.807) is 17.1 Å². The van der Waals surface area contributed by atoms with E-state index >= 15 is 0 Å². The summed E-state index contributed by atoms with van der Waals surface area (Å²) in [6, 6.07) is 9.48. The fourth-order valence-corrected chi connectivity index (χ4v) is 3.42. The molecule has 1 fully saturated rings. The van der Waals surface area contributed by atoms with Crippen molar-refractivity contribution in [3.8, 4) is 5.69 Å². The van der Waals surface area contributed by atoms with Crippen molar-refractivity contribution in [1.29, 1.82) is 0 Å². The molecular formula is C19H22N6O. The largest absolute Gasteiger partial charge is 0.337 e. The van der Waals surface area contributed by atoms with Gasteiger partial charge in [-0.1, -0.05) is 6.07 Å². The average molecular weight is 350 g/mol. The van der Waals surface area contributed by atoms with Crippen LogP contribution in [0.3, 0.4) is 0 Å². The Balaban J connectivity index is 1.46. The smallest absolute Gasteiger partial charge is 0.241 e. The van der Waals surface area contributed by atoms with Crippen LogP contribution in [0.4, 0.5) is 5.69 Å². The number of carbonyl (C=O) groups excluding carboxylic acids is 1. The van der Waals surface area contributed by atoms with Gasteiger partial charge in [0.25, 0.3) is 0 Å². The molecule has 1 aliphatic rings. The second-order valence-corrected chi connectivity index (χ2v) is 6.57. The molecule has 1 atom stereocenters. The molecule has 1 aliphatic heterocycles. The number of amides is 1. The Kier molecular flexibility index (Phi) is 4.53. The van der Waals surface area contributed by atoms with Crippen LogP contribution in [0.1, 0.15) is 18.7 Å². The first-order valence-corrected chi connectivity index (χ1v) is 8.82. The summed E-state index contributed by atoms with van der Waals surface area (Å²) in [6.45, 7) is 1.60. The van der Waals surface area contributed by atoms with Crippen molar-refractivity contribution >= 4 is 11.6 Å². The molecule has 0 aliphatic carbocycles. The van der Waals surface area contributed by atoms with E-state index in [0.29, 0.717) is 6.54 Å². The lowest BCUT2D eigenvalue weighted by molar-refractivity contribution is -0.120. The van der Waals surface area contributed by atoms with Crippen LogP contribution in [0.2, 0.25) is 0 Å². The van der Waals surface area contributed by atoms with Gasteiger partial charge in [-0.05, 0) is 43.7 Å². The van der Waals surface area contributed by atoms with Crippen LogP contribution < -0.4 is 5.32 Å². The van der Waals surface area contributed by atoms with Gasteiger partial charge in [0.15, 0.2) is 0 Å². The molecular weight excluding hydrogens is 328 g/mol. The number of aromatic nitrogens is 4. The Bertz CT molecular complexity index is 885. The maximum absolute atomic E-state index is 12.8. The summed E-state index contributed by atoms with van der Waals surface area (Å²) in [5.41, 5.74) is 1.70. The van der Waals surface area contributed by atoms with Crippen LogP contribution in [0.25, 0.3) is 5.69 Å². The van der Waals surface area contributed by atoms with E-state index in [2.05, 4.69) is 20.3 Å². The molecule has 1 saturated heterocycles. The minimum Gasteiger partial charge on any atom is -0.337 e. The normalized spacial score (nSPS) is 17.5. The topological polar surface area (TPSA) is 68.0 Å². The zero-order valence-corrected chi connectivity index (χ0v) is 14.7. The first-order chi connectivity index (χ1) is 12.7. The summed E-state index contributed by atoms with van der Waals surface area (Å²) in [5.74, 6) is 1.01. The Morgan fingerprint density at radius 1 is 1.27 bits per heavy atom. The van der Waals surface area contributed by atoms with Crippen LogP contribution in [-0.4, -0.2) is 42.7 Å². The molecule has 7 nitrogen and oxygen atoms in total. The monoisotopic (exact) mass is 350 g/mol. The van der Waals surface area contributed by atoms with Gasteiger partial charge in [-0.15, -0.1) is 0 Å². The predicted molar refractivity (Wildman–Crippen MR) is 98.8 cm³/mol. The summed E-state index contributed by atoms with van der Waals surface area (Å²) in [7, 11) is 1.98. The third-order valence-corrected chi connectivity index (χ3v) is 4.81. The molecule has 1 amide bonds. The minimum absolute atomic E-state index is 0.0364. The van der Waals surface area contributed by atoms with Crippen molar-refractivity contribution in [2.75, 3.05) is 11.9 Å². The molecule has 7 heteroatoms. The van der Waals surface area contributed by atoms with Gasteiger partial charge >= 0.3 is 0 Å². The highest BCUT2D eigenvalue weighted by Crippen LogP contribution is 2.22. The molecule has 0 saturated carbocycles. The molecule has 1 N–H and O–H groups in total. The molecule has 0 radical (unpaired) electrons. The van der Waals surface area contributed by atoms with E-state index in [9.17, 15) is 4.79 Å². The van der Waals surface area contributed by atoms with Crippen molar-refractivity contribution in [2.45, 2.75) is 25.4 Å². The van der Waals surface area contributed by atoms with Gasteiger partial charge < -0.3 is 9.88 Å². The minimum atomic E-state index is -0.125. The van der Waals surface area contributed by atoms with Crippen LogP contribution in [0, 0.1) is 0 Å². The first kappa shape index (κ1) is 16.5. The third kappa shape index (κ3) is 3.39. The molecule has 2 aromatic heterocycles. The molecule has 134 valence electrons. The number of nitrogens with one attached hydrogen (secondary N) is 1. The van der Waals surface area contributed by atoms with E-state index in [1.807, 2.05) is 54.3 Å². The maximum Gasteiger partial charge on any atom is 0.241 e. The molecule has 0 spiro atoms. The number of imidazole rings is 1. The second kappa shape index (κ2) is 7.13. The molecule has 1 aromatic carbocycles. The van der Waals surface area contributed by atoms with E-state index < -0.39 is 0 Å². The van der Waals surface area contributed by atoms with E-state index in [1.165, 1.54) is 0 Å². The highest BCUT2D eigenvalue weighted by atomic mass is 16.2. The van der Waals surface area contributed by atoms with Crippen LogP contribution in [0.15, 0.2) is 55.1 Å². The SMILES string of the molecule is Cn1ccnc1CN1CCC[C@H]1C(=O)Nc1cccc(-n2cccn2)c1. The number of hydrogen-bond donors (Lipinski definition) is 1. The fraction of sp³-hybridized carbons (Fsp3) is 0.316. The Labute approximate surface area is 152 Å². The van der Waals surface area contributed by atoms with Gasteiger partial charge in [-0.25, -0.2) is 9.67 Å². The van der Waals surface area contributed by atoms with Crippen LogP contribution >= 0.6 is 0 Å². The van der Waals surface area contributed by atoms with Gasteiger partial charge in [-0.3, -0.25) is 9.69 Å². The summed E-state index contributed by atoms with van der Waals surface area (Å²) in [6.07, 6.45) is 9.24. The van der Waals surface area contributed by atoms with Crippen molar-refractivity contribution in [3.63, 3.8) is 0 Å². The molecule has 3 heterocycles. The molecule has 26 heavy (non-hydrogen) atoms. The van der Waals surface area contributed by atoms with Gasteiger partial charge in [-0.2, -0.15) is 5.10 Å². The fourth-order valence-electron chi connectivity index (χ4n) is 3.42. The number of likely N-dealkylation sites (tertiary alicyclic amines) is 1. The maximum atomic E-state index is 12.8. The average Bonchev–Trinajstić information content (AvgIpc) is 3.38. The Hall–Kier alpha value is -2.93. The quantitative estimate of drug-likeness (QED) is 0.766. The molecule has 0 unspecified atom stereocenters. The summed E-state index contributed by atoms with van der Waals surface area (Å²) in [5, 5.41) is 7.29. The number of benzene rings is 1. The predicted octanol–water partition coefficient (Wildman–Crippen LogP) is 2.21. The second-order valence-electron chi connectivity index (χ2n) is 6.57. The van der Waals surface area contributed by atoms with Crippen molar-refractivity contribution in [2.24, 2.45) is 7.05 Å². The van der Waals surface area contributed by atoms with Crippen molar-refractivity contribution in [1.82, 2.24) is 24.2 Å². The summed E-state index contributed by atoms with van der Waals surface area (Å²) < 4.78 is 3.78. The summed E-state index contributed by atoms with van der Waals surface area (Å²) in [4.78, 5) is 19.4. The highest BCUT2D eigenvalue weighted by Gasteiger charge is 2.31. The van der Waals surface area contributed by atoms with Crippen molar-refractivity contribution in [3.05, 3.63) is 60.9 Å². The third-order valence-electron chi connectivity index (χ3n) is 4.81. The van der Waals surface area contributed by atoms with Gasteiger partial charge in [0.1, 0.15) is 5.82 Å². The highest BCUT2D eigenvalue weighted by molar-refractivity contribution is 5.95. The zero-order valence-electron chi connectivity index (χ0n) is 14.7. The standard InChI is InChI=1S/C19H22N6O/c1-23-12-9-20-18(23)14-24-10-3-7-17(24)19(26)22-15-5-2-6-16(13-15)25-11-4-8-21-25/h2,4-6,8-9,11-13,17H,3,7,10,14H2,1H3,(H,22,26)/t17-/m0/s1. The molecule has 3 aromatic rings. The van der Waals surface area contributed by atoms with Crippen LogP contribution in [-0.2, 0) is 18.4 Å². The number of carbonyl (C=O) groups is 1. The molecule has 0 bridgehead atoms.